The molecule has 106 valence electrons. The Kier molecular flexibility index (Phi) is 5.63. The van der Waals surface area contributed by atoms with E-state index in [1.165, 1.54) is 0 Å². The lowest BCUT2D eigenvalue weighted by molar-refractivity contribution is 0.204. The summed E-state index contributed by atoms with van der Waals surface area (Å²) < 4.78 is 5.14. The highest BCUT2D eigenvalue weighted by Crippen LogP contribution is 2.23. The van der Waals surface area contributed by atoms with Gasteiger partial charge in [-0.3, -0.25) is 0 Å². The second kappa shape index (κ2) is 6.99. The van der Waals surface area contributed by atoms with Gasteiger partial charge in [0.25, 0.3) is 0 Å². The minimum Gasteiger partial charge on any atom is -0.409 e. The van der Waals surface area contributed by atoms with Crippen LogP contribution in [0.1, 0.15) is 25.0 Å². The Balaban J connectivity index is 3.21. The molecular weight excluding hydrogens is 242 g/mol. The molecule has 5 nitrogen and oxygen atoms in total. The van der Waals surface area contributed by atoms with E-state index < -0.39 is 0 Å². The van der Waals surface area contributed by atoms with Crippen LogP contribution in [0.25, 0.3) is 0 Å². The second-order valence-electron chi connectivity index (χ2n) is 4.79. The summed E-state index contributed by atoms with van der Waals surface area (Å²) in [5.41, 5.74) is 8.54. The van der Waals surface area contributed by atoms with Gasteiger partial charge < -0.3 is 20.6 Å². The zero-order valence-electron chi connectivity index (χ0n) is 12.1. The highest BCUT2D eigenvalue weighted by Gasteiger charge is 2.16. The SMILES string of the molecule is COCCN(c1ccc(C)cc1/C(N)=N/O)C(C)C. The molecule has 0 heterocycles. The molecule has 0 unspecified atom stereocenters. The minimum atomic E-state index is 0.127. The van der Waals surface area contributed by atoms with E-state index in [1.54, 1.807) is 7.11 Å². The first-order valence-corrected chi connectivity index (χ1v) is 6.35. The van der Waals surface area contributed by atoms with Crippen molar-refractivity contribution in [1.82, 2.24) is 0 Å². The summed E-state index contributed by atoms with van der Waals surface area (Å²) in [6.07, 6.45) is 0. The lowest BCUT2D eigenvalue weighted by atomic mass is 10.1. The van der Waals surface area contributed by atoms with Crippen LogP contribution in [-0.4, -0.2) is 37.3 Å². The van der Waals surface area contributed by atoms with Gasteiger partial charge in [0.2, 0.25) is 0 Å². The highest BCUT2D eigenvalue weighted by atomic mass is 16.5. The molecule has 1 aromatic rings. The molecule has 0 atom stereocenters. The average Bonchev–Trinajstić information content (AvgIpc) is 2.39. The largest absolute Gasteiger partial charge is 0.409 e. The molecule has 5 heteroatoms. The van der Waals surface area contributed by atoms with E-state index in [-0.39, 0.29) is 5.84 Å². The summed E-state index contributed by atoms with van der Waals surface area (Å²) in [6, 6.07) is 6.24. The van der Waals surface area contributed by atoms with Gasteiger partial charge in [0, 0.05) is 30.9 Å². The first-order chi connectivity index (χ1) is 9.01. The van der Waals surface area contributed by atoms with E-state index in [0.717, 1.165) is 23.4 Å². The number of benzene rings is 1. The Morgan fingerprint density at radius 1 is 1.47 bits per heavy atom. The number of anilines is 1. The molecule has 0 bridgehead atoms. The highest BCUT2D eigenvalue weighted by molar-refractivity contribution is 6.02. The first-order valence-electron chi connectivity index (χ1n) is 6.35. The Morgan fingerprint density at radius 3 is 2.68 bits per heavy atom. The van der Waals surface area contributed by atoms with E-state index in [2.05, 4.69) is 23.9 Å². The van der Waals surface area contributed by atoms with Crippen molar-refractivity contribution in [2.75, 3.05) is 25.2 Å². The van der Waals surface area contributed by atoms with Crippen LogP contribution in [0.4, 0.5) is 5.69 Å². The average molecular weight is 265 g/mol. The van der Waals surface area contributed by atoms with Crippen LogP contribution in [-0.2, 0) is 4.74 Å². The fourth-order valence-electron chi connectivity index (χ4n) is 2.01. The van der Waals surface area contributed by atoms with Crippen molar-refractivity contribution in [2.24, 2.45) is 10.9 Å². The van der Waals surface area contributed by atoms with Crippen molar-refractivity contribution in [2.45, 2.75) is 26.8 Å². The van der Waals surface area contributed by atoms with Gasteiger partial charge in [0.05, 0.1) is 6.61 Å². The molecule has 0 aliphatic heterocycles. The predicted octanol–water partition coefficient (Wildman–Crippen LogP) is 1.95. The molecule has 0 fully saturated rings. The third-order valence-electron chi connectivity index (χ3n) is 3.00. The Morgan fingerprint density at radius 2 is 2.16 bits per heavy atom. The number of nitrogens with two attached hydrogens (primary N) is 1. The molecule has 0 saturated heterocycles. The van der Waals surface area contributed by atoms with Crippen LogP contribution in [0.5, 0.6) is 0 Å². The number of aryl methyl sites for hydroxylation is 1. The maximum atomic E-state index is 8.92. The maximum absolute atomic E-state index is 8.92. The fourth-order valence-corrected chi connectivity index (χ4v) is 2.01. The molecule has 3 N–H and O–H groups in total. The van der Waals surface area contributed by atoms with Crippen molar-refractivity contribution in [1.29, 1.82) is 0 Å². The molecule has 0 spiro atoms. The molecule has 0 amide bonds. The quantitative estimate of drug-likeness (QED) is 0.357. The minimum absolute atomic E-state index is 0.127. The molecule has 0 aromatic heterocycles. The van der Waals surface area contributed by atoms with E-state index in [1.807, 2.05) is 25.1 Å². The molecule has 1 aromatic carbocycles. The van der Waals surface area contributed by atoms with Crippen LogP contribution < -0.4 is 10.6 Å². The number of hydrogen-bond acceptors (Lipinski definition) is 4. The summed E-state index contributed by atoms with van der Waals surface area (Å²) >= 11 is 0. The lowest BCUT2D eigenvalue weighted by Gasteiger charge is -2.30. The van der Waals surface area contributed by atoms with Gasteiger partial charge in [-0.25, -0.2) is 0 Å². The number of rotatable bonds is 6. The summed E-state index contributed by atoms with van der Waals surface area (Å²) in [4.78, 5) is 2.18. The van der Waals surface area contributed by atoms with Crippen LogP contribution in [0, 0.1) is 6.92 Å². The summed E-state index contributed by atoms with van der Waals surface area (Å²) in [5, 5.41) is 12.0. The van der Waals surface area contributed by atoms with Crippen molar-refractivity contribution < 1.29 is 9.94 Å². The first kappa shape index (κ1) is 15.3. The van der Waals surface area contributed by atoms with Crippen LogP contribution in [0.2, 0.25) is 0 Å². The van der Waals surface area contributed by atoms with Gasteiger partial charge in [-0.2, -0.15) is 0 Å². The normalized spacial score (nSPS) is 11.9. The van der Waals surface area contributed by atoms with Crippen molar-refractivity contribution in [3.63, 3.8) is 0 Å². The molecule has 0 radical (unpaired) electrons. The summed E-state index contributed by atoms with van der Waals surface area (Å²) in [5.74, 6) is 0.127. The van der Waals surface area contributed by atoms with Crippen molar-refractivity contribution in [3.05, 3.63) is 29.3 Å². The molecule has 0 saturated carbocycles. The molecular formula is C14H23N3O2. The van der Waals surface area contributed by atoms with Gasteiger partial charge in [-0.1, -0.05) is 16.8 Å². The second-order valence-corrected chi connectivity index (χ2v) is 4.79. The third kappa shape index (κ3) is 3.86. The van der Waals surface area contributed by atoms with E-state index in [9.17, 15) is 0 Å². The number of methoxy groups -OCH3 is 1. The lowest BCUT2D eigenvalue weighted by Crippen LogP contribution is -2.35. The molecule has 0 aliphatic rings. The number of hydrogen-bond donors (Lipinski definition) is 2. The van der Waals surface area contributed by atoms with Gasteiger partial charge in [0.1, 0.15) is 0 Å². The smallest absolute Gasteiger partial charge is 0.172 e. The van der Waals surface area contributed by atoms with E-state index in [4.69, 9.17) is 15.7 Å². The van der Waals surface area contributed by atoms with Crippen LogP contribution in [0.15, 0.2) is 23.4 Å². The third-order valence-corrected chi connectivity index (χ3v) is 3.00. The number of nitrogens with zero attached hydrogens (tertiary/aromatic N) is 2. The number of ether oxygens (including phenoxy) is 1. The van der Waals surface area contributed by atoms with Crippen LogP contribution in [0.3, 0.4) is 0 Å². The topological polar surface area (TPSA) is 71.1 Å². The Labute approximate surface area is 114 Å². The van der Waals surface area contributed by atoms with E-state index in [0.29, 0.717) is 12.6 Å². The summed E-state index contributed by atoms with van der Waals surface area (Å²) in [7, 11) is 1.68. The van der Waals surface area contributed by atoms with E-state index >= 15 is 0 Å². The van der Waals surface area contributed by atoms with Crippen LogP contribution >= 0.6 is 0 Å². The number of amidine groups is 1. The predicted molar refractivity (Wildman–Crippen MR) is 78.0 cm³/mol. The van der Waals surface area contributed by atoms with Gasteiger partial charge in [-0.05, 0) is 32.9 Å². The fraction of sp³-hybridized carbons (Fsp3) is 0.500. The number of oxime groups is 1. The molecule has 0 aliphatic carbocycles. The maximum Gasteiger partial charge on any atom is 0.172 e. The molecule has 19 heavy (non-hydrogen) atoms. The monoisotopic (exact) mass is 265 g/mol. The zero-order chi connectivity index (χ0) is 14.4. The molecule has 1 rings (SSSR count). The zero-order valence-corrected chi connectivity index (χ0v) is 12.1. The van der Waals surface area contributed by atoms with Gasteiger partial charge >= 0.3 is 0 Å². The van der Waals surface area contributed by atoms with Gasteiger partial charge in [-0.15, -0.1) is 0 Å². The standard InChI is InChI=1S/C14H23N3O2/c1-10(2)17(7-8-19-4)13-6-5-11(3)9-12(13)14(15)16-18/h5-6,9-10,18H,7-8H2,1-4H3,(H2,15,16). The Hall–Kier alpha value is -1.75. The van der Waals surface area contributed by atoms with Gasteiger partial charge in [0.15, 0.2) is 5.84 Å². The summed E-state index contributed by atoms with van der Waals surface area (Å²) in [6.45, 7) is 7.56. The Bertz CT molecular complexity index is 444. The van der Waals surface area contributed by atoms with Crippen molar-refractivity contribution >= 4 is 11.5 Å². The van der Waals surface area contributed by atoms with Crippen molar-refractivity contribution in [3.8, 4) is 0 Å².